The van der Waals surface area contributed by atoms with Crippen LogP contribution in [0.4, 0.5) is 17.1 Å². The van der Waals surface area contributed by atoms with E-state index in [1.807, 2.05) is 36.4 Å². The number of fused-ring (bicyclic) bond motifs is 6. The van der Waals surface area contributed by atoms with E-state index in [1.165, 1.54) is 18.2 Å². The van der Waals surface area contributed by atoms with Crippen molar-refractivity contribution in [3.8, 4) is 17.1 Å². The van der Waals surface area contributed by atoms with Gasteiger partial charge < -0.3 is 9.72 Å². The second-order valence-electron chi connectivity index (χ2n) is 8.38. The molecule has 8 nitrogen and oxygen atoms in total. The first-order chi connectivity index (χ1) is 18.0. The summed E-state index contributed by atoms with van der Waals surface area (Å²) in [5.41, 5.74) is 3.30. The molecule has 1 aromatic heterocycles. The van der Waals surface area contributed by atoms with Crippen LogP contribution in [0.1, 0.15) is 0 Å². The molecule has 6 aromatic rings. The molecule has 0 unspecified atom stereocenters. The average molecular weight is 508 g/mol. The standard InChI is InChI=1S/C28H18ClN5O3/c1-37-25-13-10-16(14-24(25)33-32-23-12-11-17(34(35)36)15-22(23)29)28-30-26-20-8-4-2-6-18(20)19-7-3-5-9-21(19)27(26)31-28/h2-15H,1H3,(H,30,31). The highest BCUT2D eigenvalue weighted by Crippen LogP contribution is 2.38. The summed E-state index contributed by atoms with van der Waals surface area (Å²) in [5, 5.41) is 24.1. The quantitative estimate of drug-likeness (QED) is 0.109. The number of benzene rings is 5. The second kappa shape index (κ2) is 9.00. The predicted molar refractivity (Wildman–Crippen MR) is 145 cm³/mol. The number of aromatic nitrogens is 2. The van der Waals surface area contributed by atoms with Crippen LogP contribution in [0.5, 0.6) is 5.75 Å². The fourth-order valence-electron chi connectivity index (χ4n) is 4.47. The van der Waals surface area contributed by atoms with E-state index in [9.17, 15) is 10.1 Å². The molecule has 180 valence electrons. The largest absolute Gasteiger partial charge is 0.494 e. The maximum Gasteiger partial charge on any atom is 0.271 e. The third kappa shape index (κ3) is 3.93. The zero-order valence-corrected chi connectivity index (χ0v) is 20.2. The number of nitrogens with zero attached hydrogens (tertiary/aromatic N) is 4. The van der Waals surface area contributed by atoms with Crippen LogP contribution in [0.3, 0.4) is 0 Å². The number of nitrogens with one attached hydrogen (secondary N) is 1. The van der Waals surface area contributed by atoms with Crippen molar-refractivity contribution < 1.29 is 9.66 Å². The van der Waals surface area contributed by atoms with Crippen molar-refractivity contribution in [2.75, 3.05) is 7.11 Å². The highest BCUT2D eigenvalue weighted by molar-refractivity contribution is 6.33. The summed E-state index contributed by atoms with van der Waals surface area (Å²) < 4.78 is 5.47. The van der Waals surface area contributed by atoms with Crippen LogP contribution in [-0.4, -0.2) is 22.0 Å². The minimum atomic E-state index is -0.515. The maximum atomic E-state index is 11.0. The normalized spacial score (nSPS) is 11.6. The van der Waals surface area contributed by atoms with Crippen LogP contribution >= 0.6 is 11.6 Å². The molecule has 0 spiro atoms. The smallest absolute Gasteiger partial charge is 0.271 e. The van der Waals surface area contributed by atoms with Crippen LogP contribution in [0, 0.1) is 10.1 Å². The number of azo groups is 1. The number of methoxy groups -OCH3 is 1. The van der Waals surface area contributed by atoms with Gasteiger partial charge in [0.05, 0.1) is 28.1 Å². The molecule has 6 rings (SSSR count). The molecule has 0 radical (unpaired) electrons. The molecule has 1 N–H and O–H groups in total. The van der Waals surface area contributed by atoms with E-state index in [4.69, 9.17) is 21.3 Å². The Hall–Kier alpha value is -4.82. The molecule has 0 fully saturated rings. The number of halogens is 1. The summed E-state index contributed by atoms with van der Waals surface area (Å²) >= 11 is 6.18. The Kier molecular flexibility index (Phi) is 5.50. The topological polar surface area (TPSA) is 106 Å². The highest BCUT2D eigenvalue weighted by atomic mass is 35.5. The fourth-order valence-corrected chi connectivity index (χ4v) is 4.69. The summed E-state index contributed by atoms with van der Waals surface area (Å²) in [6.45, 7) is 0. The monoisotopic (exact) mass is 507 g/mol. The minimum absolute atomic E-state index is 0.117. The molecule has 0 saturated heterocycles. The lowest BCUT2D eigenvalue weighted by atomic mass is 10.0. The number of ether oxygens (including phenoxy) is 1. The average Bonchev–Trinajstić information content (AvgIpc) is 3.38. The predicted octanol–water partition coefficient (Wildman–Crippen LogP) is 8.52. The van der Waals surface area contributed by atoms with E-state index in [0.717, 1.165) is 38.1 Å². The molecule has 0 aliphatic heterocycles. The van der Waals surface area contributed by atoms with Crippen LogP contribution in [0.25, 0.3) is 44.0 Å². The van der Waals surface area contributed by atoms with Crippen LogP contribution < -0.4 is 4.74 Å². The Morgan fingerprint density at radius 3 is 2.24 bits per heavy atom. The highest BCUT2D eigenvalue weighted by Gasteiger charge is 2.15. The molecule has 37 heavy (non-hydrogen) atoms. The molecule has 0 atom stereocenters. The Bertz CT molecular complexity index is 1810. The van der Waals surface area contributed by atoms with Gasteiger partial charge >= 0.3 is 0 Å². The van der Waals surface area contributed by atoms with Crippen LogP contribution in [-0.2, 0) is 0 Å². The van der Waals surface area contributed by atoms with Gasteiger partial charge in [0.2, 0.25) is 0 Å². The van der Waals surface area contributed by atoms with E-state index in [0.29, 0.717) is 22.9 Å². The van der Waals surface area contributed by atoms with Crippen molar-refractivity contribution in [2.24, 2.45) is 10.2 Å². The number of hydrogen-bond acceptors (Lipinski definition) is 6. The molecule has 0 saturated carbocycles. The first-order valence-electron chi connectivity index (χ1n) is 11.4. The number of non-ortho nitro benzene ring substituents is 1. The number of nitro groups is 1. The lowest BCUT2D eigenvalue weighted by molar-refractivity contribution is -0.384. The third-order valence-corrected chi connectivity index (χ3v) is 6.54. The van der Waals surface area contributed by atoms with Gasteiger partial charge in [-0.15, -0.1) is 10.2 Å². The Balaban J connectivity index is 1.47. The molecule has 1 heterocycles. The van der Waals surface area contributed by atoms with E-state index >= 15 is 0 Å². The van der Waals surface area contributed by atoms with Crippen LogP contribution in [0.2, 0.25) is 5.02 Å². The minimum Gasteiger partial charge on any atom is -0.494 e. The van der Waals surface area contributed by atoms with Gasteiger partial charge in [-0.25, -0.2) is 4.98 Å². The van der Waals surface area contributed by atoms with Gasteiger partial charge in [0, 0.05) is 28.5 Å². The number of nitro benzene ring substituents is 1. The Morgan fingerprint density at radius 2 is 1.54 bits per heavy atom. The number of rotatable bonds is 5. The number of H-pyrrole nitrogens is 1. The first kappa shape index (κ1) is 22.6. The molecule has 0 aliphatic rings. The molecule has 0 bridgehead atoms. The van der Waals surface area contributed by atoms with Crippen molar-refractivity contribution in [3.05, 3.63) is 100 Å². The molecule has 9 heteroatoms. The van der Waals surface area contributed by atoms with Crippen molar-refractivity contribution >= 4 is 61.2 Å². The summed E-state index contributed by atoms with van der Waals surface area (Å²) in [6, 6.07) is 26.1. The van der Waals surface area contributed by atoms with Gasteiger partial charge in [-0.2, -0.15) is 0 Å². The van der Waals surface area contributed by atoms with Gasteiger partial charge in [-0.1, -0.05) is 60.1 Å². The van der Waals surface area contributed by atoms with E-state index in [2.05, 4.69) is 39.5 Å². The third-order valence-electron chi connectivity index (χ3n) is 6.23. The molecular formula is C28H18ClN5O3. The van der Waals surface area contributed by atoms with E-state index in [1.54, 1.807) is 13.2 Å². The van der Waals surface area contributed by atoms with Gasteiger partial charge in [0.15, 0.2) is 0 Å². The van der Waals surface area contributed by atoms with E-state index < -0.39 is 4.92 Å². The zero-order valence-electron chi connectivity index (χ0n) is 19.5. The van der Waals surface area contributed by atoms with Crippen LogP contribution in [0.15, 0.2) is 95.2 Å². The van der Waals surface area contributed by atoms with Crippen molar-refractivity contribution in [1.82, 2.24) is 9.97 Å². The van der Waals surface area contributed by atoms with Gasteiger partial charge in [0.1, 0.15) is 22.9 Å². The van der Waals surface area contributed by atoms with Crippen molar-refractivity contribution in [1.29, 1.82) is 0 Å². The fraction of sp³-hybridized carbons (Fsp3) is 0.0357. The molecular weight excluding hydrogens is 490 g/mol. The number of imidazole rings is 1. The van der Waals surface area contributed by atoms with Gasteiger partial charge in [-0.05, 0) is 35.0 Å². The maximum absolute atomic E-state index is 11.0. The lowest BCUT2D eigenvalue weighted by Crippen LogP contribution is -1.87. The summed E-state index contributed by atoms with van der Waals surface area (Å²) in [5.74, 6) is 1.20. The second-order valence-corrected chi connectivity index (χ2v) is 8.79. The van der Waals surface area contributed by atoms with Gasteiger partial charge in [-0.3, -0.25) is 10.1 Å². The lowest BCUT2D eigenvalue weighted by Gasteiger charge is -2.05. The summed E-state index contributed by atoms with van der Waals surface area (Å²) in [6.07, 6.45) is 0. The number of hydrogen-bond donors (Lipinski definition) is 1. The molecule has 5 aromatic carbocycles. The van der Waals surface area contributed by atoms with Gasteiger partial charge in [0.25, 0.3) is 5.69 Å². The molecule has 0 aliphatic carbocycles. The zero-order chi connectivity index (χ0) is 25.5. The Labute approximate surface area is 215 Å². The summed E-state index contributed by atoms with van der Waals surface area (Å²) in [4.78, 5) is 18.9. The Morgan fingerprint density at radius 1 is 0.865 bits per heavy atom. The van der Waals surface area contributed by atoms with E-state index in [-0.39, 0.29) is 10.7 Å². The summed E-state index contributed by atoms with van der Waals surface area (Å²) in [7, 11) is 1.55. The number of aromatic amines is 1. The SMILES string of the molecule is COc1ccc(-c2nc3c4ccccc4c4ccccc4c3[nH]2)cc1N=Nc1ccc([N+](=O)[O-])cc1Cl. The van der Waals surface area contributed by atoms with Crippen molar-refractivity contribution in [2.45, 2.75) is 0 Å². The first-order valence-corrected chi connectivity index (χ1v) is 11.7. The molecule has 0 amide bonds. The van der Waals surface area contributed by atoms with Crippen molar-refractivity contribution in [3.63, 3.8) is 0 Å².